The zero-order valence-corrected chi connectivity index (χ0v) is 15.3. The molecule has 1 nitrogen and oxygen atoms in total. The van der Waals surface area contributed by atoms with Crippen LogP contribution >= 0.6 is 0 Å². The van der Waals surface area contributed by atoms with Crippen molar-refractivity contribution in [2.24, 2.45) is 40.4 Å². The normalized spacial score (nSPS) is 56.2. The van der Waals surface area contributed by atoms with E-state index < -0.39 is 0 Å². The highest BCUT2D eigenvalue weighted by molar-refractivity contribution is 5.30. The highest BCUT2D eigenvalue weighted by atomic mass is 16.3. The maximum atomic E-state index is 10.2. The largest absolute Gasteiger partial charge is 0.393 e. The molecule has 8 atom stereocenters. The average molecular weight is 327 g/mol. The van der Waals surface area contributed by atoms with E-state index in [-0.39, 0.29) is 6.10 Å². The molecule has 3 unspecified atom stereocenters. The third kappa shape index (κ3) is 1.91. The maximum absolute atomic E-state index is 10.2. The lowest BCUT2D eigenvalue weighted by Crippen LogP contribution is -2.54. The second-order valence-electron chi connectivity index (χ2n) is 10.2. The fraction of sp³-hybridized carbons (Fsp3) is 0.826. The molecule has 0 amide bonds. The van der Waals surface area contributed by atoms with Crippen LogP contribution in [0.25, 0.3) is 0 Å². The molecule has 0 radical (unpaired) electrons. The third-order valence-electron chi connectivity index (χ3n) is 9.63. The Bertz CT molecular complexity index is 577. The van der Waals surface area contributed by atoms with Gasteiger partial charge in [-0.1, -0.05) is 31.2 Å². The molecule has 1 heteroatoms. The van der Waals surface area contributed by atoms with Crippen LogP contribution in [-0.2, 0) is 0 Å². The number of rotatable bonds is 0. The Balaban J connectivity index is 1.47. The smallest absolute Gasteiger partial charge is 0.0543 e. The summed E-state index contributed by atoms with van der Waals surface area (Å²) < 4.78 is 0. The van der Waals surface area contributed by atoms with Crippen molar-refractivity contribution in [2.45, 2.75) is 77.2 Å². The van der Waals surface area contributed by atoms with Crippen LogP contribution in [0.1, 0.15) is 71.1 Å². The van der Waals surface area contributed by atoms with E-state index >= 15 is 0 Å². The molecule has 5 aliphatic rings. The molecule has 0 bridgehead atoms. The van der Waals surface area contributed by atoms with Crippen LogP contribution in [0, 0.1) is 40.4 Å². The molecule has 1 N–H and O–H groups in total. The first-order valence-electron chi connectivity index (χ1n) is 10.6. The molecule has 4 fully saturated rings. The number of aliphatic hydroxyl groups excluding tert-OH is 1. The van der Waals surface area contributed by atoms with Gasteiger partial charge in [-0.3, -0.25) is 0 Å². The second kappa shape index (κ2) is 5.22. The fourth-order valence-electron chi connectivity index (χ4n) is 8.54. The number of fused-ring (bicyclic) bond motifs is 4. The molecule has 0 aromatic carbocycles. The van der Waals surface area contributed by atoms with Gasteiger partial charge in [0, 0.05) is 0 Å². The van der Waals surface area contributed by atoms with Gasteiger partial charge in [-0.2, -0.15) is 0 Å². The lowest BCUT2D eigenvalue weighted by Gasteiger charge is -2.61. The Morgan fingerprint density at radius 3 is 2.79 bits per heavy atom. The first kappa shape index (κ1) is 15.7. The summed E-state index contributed by atoms with van der Waals surface area (Å²) in [7, 11) is 0. The Kier molecular flexibility index (Phi) is 3.41. The van der Waals surface area contributed by atoms with Gasteiger partial charge in [0.25, 0.3) is 0 Å². The molecular weight excluding hydrogens is 292 g/mol. The molecule has 5 rings (SSSR count). The van der Waals surface area contributed by atoms with E-state index in [9.17, 15) is 5.11 Å². The molecule has 0 aromatic heterocycles. The Labute approximate surface area is 147 Å². The number of allylic oxidation sites excluding steroid dienone is 3. The lowest BCUT2D eigenvalue weighted by molar-refractivity contribution is -0.128. The van der Waals surface area contributed by atoms with E-state index in [4.69, 9.17) is 0 Å². The van der Waals surface area contributed by atoms with Crippen molar-refractivity contribution in [3.05, 3.63) is 24.3 Å². The quantitative estimate of drug-likeness (QED) is 0.623. The van der Waals surface area contributed by atoms with Crippen molar-refractivity contribution in [3.8, 4) is 0 Å². The fourth-order valence-corrected chi connectivity index (χ4v) is 8.54. The molecular formula is C23H34O. The summed E-state index contributed by atoms with van der Waals surface area (Å²) in [4.78, 5) is 0. The summed E-state index contributed by atoms with van der Waals surface area (Å²) in [6.45, 7) is 7.02. The van der Waals surface area contributed by atoms with Crippen molar-refractivity contribution >= 4 is 0 Å². The standard InChI is InChI=1S/C23H34O/c1-15-4-3-11-23-13-10-20-18(21(23)8-7-19(15)23)6-5-16-14-17(24)9-12-22(16,20)2/h3-4,16-21,24H,1,5-14H2,2H3/t16-,17-,18?,19-,20?,21?,22+,23-/m1/s1. The van der Waals surface area contributed by atoms with Crippen LogP contribution in [0.15, 0.2) is 24.3 Å². The monoisotopic (exact) mass is 326 g/mol. The van der Waals surface area contributed by atoms with E-state index in [1.165, 1.54) is 56.9 Å². The molecule has 1 spiro atoms. The molecule has 0 aromatic rings. The molecule has 24 heavy (non-hydrogen) atoms. The Morgan fingerprint density at radius 2 is 1.92 bits per heavy atom. The van der Waals surface area contributed by atoms with E-state index in [0.717, 1.165) is 42.4 Å². The van der Waals surface area contributed by atoms with E-state index in [2.05, 4.69) is 25.7 Å². The summed E-state index contributed by atoms with van der Waals surface area (Å²) in [6, 6.07) is 0. The minimum atomic E-state index is -0.0165. The van der Waals surface area contributed by atoms with Gasteiger partial charge in [-0.25, -0.2) is 0 Å². The van der Waals surface area contributed by atoms with Crippen molar-refractivity contribution < 1.29 is 5.11 Å². The highest BCUT2D eigenvalue weighted by Gasteiger charge is 2.61. The van der Waals surface area contributed by atoms with E-state index in [1.807, 2.05) is 0 Å². The summed E-state index contributed by atoms with van der Waals surface area (Å²) in [6.07, 6.45) is 18.0. The summed E-state index contributed by atoms with van der Waals surface area (Å²) >= 11 is 0. The van der Waals surface area contributed by atoms with Gasteiger partial charge in [0.1, 0.15) is 0 Å². The van der Waals surface area contributed by atoms with Crippen LogP contribution < -0.4 is 0 Å². The van der Waals surface area contributed by atoms with E-state index in [0.29, 0.717) is 10.8 Å². The second-order valence-corrected chi connectivity index (χ2v) is 10.2. The number of hydrogen-bond donors (Lipinski definition) is 1. The molecule has 5 aliphatic carbocycles. The Hall–Kier alpha value is -0.560. The minimum absolute atomic E-state index is 0.0165. The first-order valence-corrected chi connectivity index (χ1v) is 10.6. The van der Waals surface area contributed by atoms with Crippen LogP contribution in [0.5, 0.6) is 0 Å². The third-order valence-corrected chi connectivity index (χ3v) is 9.63. The highest BCUT2D eigenvalue weighted by Crippen LogP contribution is 2.69. The predicted molar refractivity (Wildman–Crippen MR) is 98.4 cm³/mol. The van der Waals surface area contributed by atoms with Crippen molar-refractivity contribution in [1.82, 2.24) is 0 Å². The van der Waals surface area contributed by atoms with Gasteiger partial charge in [0.05, 0.1) is 6.10 Å². The first-order chi connectivity index (χ1) is 11.5. The average Bonchev–Trinajstić information content (AvgIpc) is 2.96. The Morgan fingerprint density at radius 1 is 1.04 bits per heavy atom. The number of aliphatic hydroxyl groups is 1. The van der Waals surface area contributed by atoms with Gasteiger partial charge in [-0.05, 0) is 105 Å². The van der Waals surface area contributed by atoms with Crippen molar-refractivity contribution in [1.29, 1.82) is 0 Å². The van der Waals surface area contributed by atoms with Crippen LogP contribution in [-0.4, -0.2) is 11.2 Å². The van der Waals surface area contributed by atoms with Crippen LogP contribution in [0.3, 0.4) is 0 Å². The van der Waals surface area contributed by atoms with Gasteiger partial charge in [0.15, 0.2) is 0 Å². The summed E-state index contributed by atoms with van der Waals surface area (Å²) in [5.41, 5.74) is 2.52. The van der Waals surface area contributed by atoms with E-state index in [1.54, 1.807) is 0 Å². The predicted octanol–water partition coefficient (Wildman–Crippen LogP) is 5.50. The van der Waals surface area contributed by atoms with Crippen molar-refractivity contribution in [2.75, 3.05) is 0 Å². The molecule has 132 valence electrons. The summed E-state index contributed by atoms with van der Waals surface area (Å²) in [5, 5.41) is 10.2. The lowest BCUT2D eigenvalue weighted by atomic mass is 9.43. The number of hydrogen-bond acceptors (Lipinski definition) is 1. The minimum Gasteiger partial charge on any atom is -0.393 e. The maximum Gasteiger partial charge on any atom is 0.0543 e. The van der Waals surface area contributed by atoms with Crippen LogP contribution in [0.2, 0.25) is 0 Å². The zero-order chi connectivity index (χ0) is 16.5. The topological polar surface area (TPSA) is 20.2 Å². The molecule has 0 saturated heterocycles. The zero-order valence-electron chi connectivity index (χ0n) is 15.3. The van der Waals surface area contributed by atoms with Crippen molar-refractivity contribution in [3.63, 3.8) is 0 Å². The SMILES string of the molecule is C=C1C=CC[C@]23CCC4C(CC[C@@H]5C[C@H](O)CC[C@]45C)C2CC[C@H]13. The van der Waals surface area contributed by atoms with Gasteiger partial charge in [0.2, 0.25) is 0 Å². The summed E-state index contributed by atoms with van der Waals surface area (Å²) in [5.74, 6) is 4.41. The van der Waals surface area contributed by atoms with Gasteiger partial charge < -0.3 is 5.11 Å². The van der Waals surface area contributed by atoms with Gasteiger partial charge in [-0.15, -0.1) is 0 Å². The van der Waals surface area contributed by atoms with Crippen LogP contribution in [0.4, 0.5) is 0 Å². The van der Waals surface area contributed by atoms with Gasteiger partial charge >= 0.3 is 0 Å². The molecule has 0 aliphatic heterocycles. The molecule has 0 heterocycles. The molecule has 4 saturated carbocycles.